The molecule has 1 fully saturated rings. The molecule has 4 heteroatoms. The van der Waals surface area contributed by atoms with Crippen molar-refractivity contribution in [1.82, 2.24) is 10.6 Å². The van der Waals surface area contributed by atoms with Crippen molar-refractivity contribution in [3.8, 4) is 0 Å². The highest BCUT2D eigenvalue weighted by atomic mass is 16.5. The average molecular weight is 318 g/mol. The van der Waals surface area contributed by atoms with Crippen LogP contribution in [0.2, 0.25) is 0 Å². The lowest BCUT2D eigenvalue weighted by Crippen LogP contribution is -2.45. The van der Waals surface area contributed by atoms with E-state index in [9.17, 15) is 4.79 Å². The molecule has 0 saturated carbocycles. The van der Waals surface area contributed by atoms with E-state index in [0.717, 1.165) is 13.2 Å². The monoisotopic (exact) mass is 318 g/mol. The van der Waals surface area contributed by atoms with Gasteiger partial charge in [0.05, 0.1) is 19.3 Å². The fourth-order valence-corrected chi connectivity index (χ4v) is 2.93. The maximum atomic E-state index is 12.4. The molecule has 0 bridgehead atoms. The van der Waals surface area contributed by atoms with Gasteiger partial charge >= 0.3 is 0 Å². The summed E-state index contributed by atoms with van der Waals surface area (Å²) in [6, 6.07) is 8.79. The van der Waals surface area contributed by atoms with Crippen LogP contribution in [0.25, 0.3) is 0 Å². The first kappa shape index (κ1) is 18.0. The molecular weight excluding hydrogens is 288 g/mol. The number of morpholine rings is 1. The number of benzene rings is 1. The van der Waals surface area contributed by atoms with E-state index < -0.39 is 0 Å². The van der Waals surface area contributed by atoms with Crippen LogP contribution in [-0.2, 0) is 9.53 Å². The van der Waals surface area contributed by atoms with Gasteiger partial charge in [-0.15, -0.1) is 0 Å². The maximum Gasteiger partial charge on any atom is 0.222 e. The van der Waals surface area contributed by atoms with Crippen LogP contribution >= 0.6 is 0 Å². The second-order valence-corrected chi connectivity index (χ2v) is 7.04. The highest BCUT2D eigenvalue weighted by Gasteiger charge is 2.22. The van der Waals surface area contributed by atoms with Crippen molar-refractivity contribution in [3.05, 3.63) is 35.4 Å². The Labute approximate surface area is 140 Å². The van der Waals surface area contributed by atoms with E-state index in [1.807, 2.05) is 0 Å². The molecule has 1 aliphatic rings. The van der Waals surface area contributed by atoms with Gasteiger partial charge in [-0.05, 0) is 23.0 Å². The molecule has 2 rings (SSSR count). The van der Waals surface area contributed by atoms with Crippen molar-refractivity contribution in [2.45, 2.75) is 52.1 Å². The van der Waals surface area contributed by atoms with Crippen LogP contribution in [0.5, 0.6) is 0 Å². The summed E-state index contributed by atoms with van der Waals surface area (Å²) < 4.78 is 5.41. The lowest BCUT2D eigenvalue weighted by Gasteiger charge is -2.27. The zero-order valence-corrected chi connectivity index (χ0v) is 14.8. The van der Waals surface area contributed by atoms with Gasteiger partial charge in [-0.25, -0.2) is 0 Å². The number of hydrogen-bond donors (Lipinski definition) is 2. The van der Waals surface area contributed by atoms with E-state index in [2.05, 4.69) is 62.6 Å². The first-order valence-electron chi connectivity index (χ1n) is 8.67. The van der Waals surface area contributed by atoms with E-state index in [0.29, 0.717) is 24.9 Å². The van der Waals surface area contributed by atoms with E-state index in [-0.39, 0.29) is 18.0 Å². The van der Waals surface area contributed by atoms with Crippen molar-refractivity contribution >= 4 is 5.91 Å². The molecule has 1 aliphatic heterocycles. The Balaban J connectivity index is 1.98. The number of hydrogen-bond acceptors (Lipinski definition) is 3. The van der Waals surface area contributed by atoms with Gasteiger partial charge in [0.2, 0.25) is 5.91 Å². The molecule has 1 heterocycles. The normalized spacial score (nSPS) is 19.8. The van der Waals surface area contributed by atoms with Gasteiger partial charge in [0, 0.05) is 19.0 Å². The van der Waals surface area contributed by atoms with E-state index in [1.54, 1.807) is 0 Å². The molecule has 0 radical (unpaired) electrons. The largest absolute Gasteiger partial charge is 0.378 e. The van der Waals surface area contributed by atoms with E-state index in [1.165, 1.54) is 11.1 Å². The van der Waals surface area contributed by atoms with Crippen molar-refractivity contribution in [2.24, 2.45) is 5.92 Å². The molecule has 2 atom stereocenters. The summed E-state index contributed by atoms with van der Waals surface area (Å²) in [5.74, 6) is 0.951. The molecule has 0 aliphatic carbocycles. The Hall–Kier alpha value is -1.39. The van der Waals surface area contributed by atoms with Gasteiger partial charge in [0.25, 0.3) is 0 Å². The van der Waals surface area contributed by atoms with Crippen molar-refractivity contribution in [1.29, 1.82) is 0 Å². The number of nitrogens with one attached hydrogen (secondary N) is 2. The van der Waals surface area contributed by atoms with Crippen LogP contribution < -0.4 is 10.6 Å². The summed E-state index contributed by atoms with van der Waals surface area (Å²) in [7, 11) is 0. The van der Waals surface area contributed by atoms with Crippen LogP contribution in [0.3, 0.4) is 0 Å². The summed E-state index contributed by atoms with van der Waals surface area (Å²) in [5.41, 5.74) is 2.50. The highest BCUT2D eigenvalue weighted by molar-refractivity contribution is 5.77. The molecule has 1 saturated heterocycles. The lowest BCUT2D eigenvalue weighted by molar-refractivity contribution is -0.123. The molecule has 1 amide bonds. The zero-order chi connectivity index (χ0) is 16.8. The molecule has 128 valence electrons. The van der Waals surface area contributed by atoms with Crippen molar-refractivity contribution in [2.75, 3.05) is 19.8 Å². The third-order valence-corrected chi connectivity index (χ3v) is 4.38. The minimum Gasteiger partial charge on any atom is -0.378 e. The number of ether oxygens (including phenoxy) is 1. The van der Waals surface area contributed by atoms with Gasteiger partial charge in [0.15, 0.2) is 0 Å². The Morgan fingerprint density at radius 2 is 1.87 bits per heavy atom. The molecule has 1 aromatic rings. The minimum atomic E-state index is 0.0493. The van der Waals surface area contributed by atoms with E-state index in [4.69, 9.17) is 4.74 Å². The molecule has 1 aromatic carbocycles. The minimum absolute atomic E-state index is 0.0493. The van der Waals surface area contributed by atoms with Crippen LogP contribution in [0.15, 0.2) is 24.3 Å². The van der Waals surface area contributed by atoms with Crippen LogP contribution in [0, 0.1) is 5.92 Å². The quantitative estimate of drug-likeness (QED) is 0.848. The zero-order valence-electron chi connectivity index (χ0n) is 14.8. The molecule has 2 N–H and O–H groups in total. The average Bonchev–Trinajstić information content (AvgIpc) is 2.53. The molecule has 0 spiro atoms. The fourth-order valence-electron chi connectivity index (χ4n) is 2.93. The lowest BCUT2D eigenvalue weighted by atomic mass is 9.93. The number of carbonyl (C=O) groups is 1. The molecular formula is C19H30N2O2. The smallest absolute Gasteiger partial charge is 0.222 e. The number of amides is 1. The predicted octanol–water partition coefficient (Wildman–Crippen LogP) is 3.00. The van der Waals surface area contributed by atoms with Crippen molar-refractivity contribution < 1.29 is 9.53 Å². The Morgan fingerprint density at radius 1 is 1.22 bits per heavy atom. The van der Waals surface area contributed by atoms with Crippen LogP contribution in [-0.4, -0.2) is 31.7 Å². The van der Waals surface area contributed by atoms with Crippen LogP contribution in [0.4, 0.5) is 0 Å². The first-order valence-corrected chi connectivity index (χ1v) is 8.67. The molecule has 4 nitrogen and oxygen atoms in total. The highest BCUT2D eigenvalue weighted by Crippen LogP contribution is 2.24. The van der Waals surface area contributed by atoms with Crippen LogP contribution in [0.1, 0.15) is 57.2 Å². The van der Waals surface area contributed by atoms with E-state index >= 15 is 0 Å². The summed E-state index contributed by atoms with van der Waals surface area (Å²) >= 11 is 0. The third-order valence-electron chi connectivity index (χ3n) is 4.38. The van der Waals surface area contributed by atoms with Gasteiger partial charge < -0.3 is 15.4 Å². The number of rotatable bonds is 6. The maximum absolute atomic E-state index is 12.4. The summed E-state index contributed by atoms with van der Waals surface area (Å²) in [5, 5.41) is 6.52. The SMILES string of the molecule is CC(C)c1ccc(C(NC(=O)CC2COCCN2)C(C)C)cc1. The fraction of sp³-hybridized carbons (Fsp3) is 0.632. The molecule has 2 unspecified atom stereocenters. The topological polar surface area (TPSA) is 50.4 Å². The molecule has 0 aromatic heterocycles. The van der Waals surface area contributed by atoms with Gasteiger partial charge in [-0.1, -0.05) is 52.0 Å². The van der Waals surface area contributed by atoms with Crippen molar-refractivity contribution in [3.63, 3.8) is 0 Å². The van der Waals surface area contributed by atoms with Gasteiger partial charge in [-0.2, -0.15) is 0 Å². The summed E-state index contributed by atoms with van der Waals surface area (Å²) in [6.07, 6.45) is 0.466. The second-order valence-electron chi connectivity index (χ2n) is 7.04. The first-order chi connectivity index (χ1) is 11.0. The Kier molecular flexibility index (Phi) is 6.60. The Bertz CT molecular complexity index is 491. The second kappa shape index (κ2) is 8.46. The van der Waals surface area contributed by atoms with Gasteiger partial charge in [0.1, 0.15) is 0 Å². The molecule has 23 heavy (non-hydrogen) atoms. The van der Waals surface area contributed by atoms with Gasteiger partial charge in [-0.3, -0.25) is 4.79 Å². The third kappa shape index (κ3) is 5.33. The standard InChI is InChI=1S/C19H30N2O2/c1-13(2)15-5-7-16(8-6-15)19(14(3)4)21-18(22)11-17-12-23-10-9-20-17/h5-8,13-14,17,19-20H,9-12H2,1-4H3,(H,21,22). The predicted molar refractivity (Wildman–Crippen MR) is 93.5 cm³/mol. The summed E-state index contributed by atoms with van der Waals surface area (Å²) in [4.78, 5) is 12.4. The summed E-state index contributed by atoms with van der Waals surface area (Å²) in [6.45, 7) is 10.8. The number of carbonyl (C=O) groups excluding carboxylic acids is 1. The Morgan fingerprint density at radius 3 is 2.39 bits per heavy atom.